The van der Waals surface area contributed by atoms with Gasteiger partial charge in [-0.05, 0) is 12.5 Å². The second-order valence-corrected chi connectivity index (χ2v) is 6.24. The lowest BCUT2D eigenvalue weighted by atomic mass is 10.2. The lowest BCUT2D eigenvalue weighted by Gasteiger charge is -2.20. The van der Waals surface area contributed by atoms with Crippen LogP contribution in [0.25, 0.3) is 6.08 Å². The van der Waals surface area contributed by atoms with Crippen molar-refractivity contribution >= 4 is 19.6 Å². The van der Waals surface area contributed by atoms with E-state index in [0.717, 1.165) is 5.56 Å². The first-order chi connectivity index (χ1) is 9.57. The SMILES string of the molecule is CCOC(=O)C(/C=C/c1ccccc1)P(=O)(OC)OC. The fourth-order valence-electron chi connectivity index (χ4n) is 1.61. The van der Waals surface area contributed by atoms with Crippen molar-refractivity contribution in [3.05, 3.63) is 42.0 Å². The second kappa shape index (κ2) is 8.00. The first kappa shape index (κ1) is 16.6. The zero-order chi connectivity index (χ0) is 15.0. The Morgan fingerprint density at radius 1 is 1.25 bits per heavy atom. The molecule has 0 bridgehead atoms. The number of esters is 1. The van der Waals surface area contributed by atoms with Crippen molar-refractivity contribution in [2.75, 3.05) is 20.8 Å². The lowest BCUT2D eigenvalue weighted by Crippen LogP contribution is -2.23. The van der Waals surface area contributed by atoms with E-state index in [1.165, 1.54) is 20.3 Å². The van der Waals surface area contributed by atoms with Gasteiger partial charge in [0.25, 0.3) is 0 Å². The third kappa shape index (κ3) is 4.30. The summed E-state index contributed by atoms with van der Waals surface area (Å²) < 4.78 is 27.1. The van der Waals surface area contributed by atoms with Crippen molar-refractivity contribution in [2.45, 2.75) is 12.6 Å². The maximum atomic E-state index is 12.4. The topological polar surface area (TPSA) is 61.8 Å². The van der Waals surface area contributed by atoms with Crippen LogP contribution in [0.4, 0.5) is 0 Å². The molecule has 0 radical (unpaired) electrons. The molecule has 110 valence electrons. The summed E-state index contributed by atoms with van der Waals surface area (Å²) in [6.07, 6.45) is 3.17. The lowest BCUT2D eigenvalue weighted by molar-refractivity contribution is -0.142. The fraction of sp³-hybridized carbons (Fsp3) is 0.357. The summed E-state index contributed by atoms with van der Waals surface area (Å²) in [6.45, 7) is 1.88. The number of hydrogen-bond donors (Lipinski definition) is 0. The highest BCUT2D eigenvalue weighted by Gasteiger charge is 2.39. The summed E-state index contributed by atoms with van der Waals surface area (Å²) >= 11 is 0. The van der Waals surface area contributed by atoms with Crippen LogP contribution < -0.4 is 0 Å². The quantitative estimate of drug-likeness (QED) is 0.571. The van der Waals surface area contributed by atoms with Crippen molar-refractivity contribution in [1.29, 1.82) is 0 Å². The molecule has 0 N–H and O–H groups in total. The highest BCUT2D eigenvalue weighted by molar-refractivity contribution is 7.56. The third-order valence-electron chi connectivity index (χ3n) is 2.65. The number of carbonyl (C=O) groups is 1. The van der Waals surface area contributed by atoms with E-state index < -0.39 is 19.2 Å². The fourth-order valence-corrected chi connectivity index (χ4v) is 2.84. The molecule has 1 unspecified atom stereocenters. The van der Waals surface area contributed by atoms with E-state index in [2.05, 4.69) is 0 Å². The van der Waals surface area contributed by atoms with Crippen molar-refractivity contribution < 1.29 is 23.1 Å². The predicted molar refractivity (Wildman–Crippen MR) is 77.5 cm³/mol. The maximum Gasteiger partial charge on any atom is 0.348 e. The standard InChI is InChI=1S/C14H19O5P/c1-4-19-14(15)13(20(16,17-2)18-3)11-10-12-8-6-5-7-9-12/h5-11,13H,4H2,1-3H3/b11-10+. The monoisotopic (exact) mass is 298 g/mol. The minimum absolute atomic E-state index is 0.196. The largest absolute Gasteiger partial charge is 0.465 e. The molecule has 1 aromatic carbocycles. The van der Waals surface area contributed by atoms with E-state index in [-0.39, 0.29) is 6.61 Å². The van der Waals surface area contributed by atoms with Crippen molar-refractivity contribution in [3.8, 4) is 0 Å². The van der Waals surface area contributed by atoms with Gasteiger partial charge in [0, 0.05) is 14.2 Å². The van der Waals surface area contributed by atoms with Crippen LogP contribution in [0.1, 0.15) is 12.5 Å². The Morgan fingerprint density at radius 2 is 1.85 bits per heavy atom. The van der Waals surface area contributed by atoms with Crippen LogP contribution in [0.5, 0.6) is 0 Å². The van der Waals surface area contributed by atoms with Crippen LogP contribution in [0.2, 0.25) is 0 Å². The zero-order valence-electron chi connectivity index (χ0n) is 11.8. The summed E-state index contributed by atoms with van der Waals surface area (Å²) in [6, 6.07) is 9.35. The minimum Gasteiger partial charge on any atom is -0.465 e. The normalized spacial score (nSPS) is 13.3. The molecular weight excluding hydrogens is 279 g/mol. The van der Waals surface area contributed by atoms with Crippen LogP contribution in [0, 0.1) is 0 Å². The second-order valence-electron chi connectivity index (χ2n) is 3.87. The third-order valence-corrected chi connectivity index (χ3v) is 4.73. The van der Waals surface area contributed by atoms with Gasteiger partial charge in [-0.1, -0.05) is 42.5 Å². The molecule has 0 amide bonds. The molecule has 0 aliphatic rings. The molecule has 0 fully saturated rings. The van der Waals surface area contributed by atoms with Crippen LogP contribution in [0.15, 0.2) is 36.4 Å². The molecule has 20 heavy (non-hydrogen) atoms. The molecule has 0 aliphatic heterocycles. The molecule has 1 aromatic rings. The zero-order valence-corrected chi connectivity index (χ0v) is 12.7. The van der Waals surface area contributed by atoms with Gasteiger partial charge < -0.3 is 13.8 Å². The highest BCUT2D eigenvalue weighted by Crippen LogP contribution is 2.52. The van der Waals surface area contributed by atoms with Gasteiger partial charge in [-0.3, -0.25) is 9.36 Å². The number of ether oxygens (including phenoxy) is 1. The van der Waals surface area contributed by atoms with E-state index in [4.69, 9.17) is 13.8 Å². The maximum absolute atomic E-state index is 12.4. The smallest absolute Gasteiger partial charge is 0.348 e. The first-order valence-corrected chi connectivity index (χ1v) is 7.79. The van der Waals surface area contributed by atoms with Crippen LogP contribution in [0.3, 0.4) is 0 Å². The number of rotatable bonds is 7. The van der Waals surface area contributed by atoms with Crippen molar-refractivity contribution in [1.82, 2.24) is 0 Å². The first-order valence-electron chi connectivity index (χ1n) is 6.18. The Labute approximate surface area is 119 Å². The molecule has 1 atom stereocenters. The Hall–Kier alpha value is -1.42. The summed E-state index contributed by atoms with van der Waals surface area (Å²) in [4.78, 5) is 11.9. The van der Waals surface area contributed by atoms with Crippen LogP contribution >= 0.6 is 7.60 Å². The van der Waals surface area contributed by atoms with Gasteiger partial charge in [0.1, 0.15) is 0 Å². The minimum atomic E-state index is -3.58. The summed E-state index contributed by atoms with van der Waals surface area (Å²) in [5.41, 5.74) is -0.210. The van der Waals surface area contributed by atoms with Crippen LogP contribution in [-0.2, 0) is 23.1 Å². The molecule has 0 spiro atoms. The Bertz CT molecular complexity index is 490. The molecule has 0 saturated heterocycles. The molecule has 6 heteroatoms. The van der Waals surface area contributed by atoms with E-state index in [1.54, 1.807) is 13.0 Å². The van der Waals surface area contributed by atoms with Gasteiger partial charge in [0.05, 0.1) is 6.61 Å². The molecule has 0 saturated carbocycles. The Morgan fingerprint density at radius 3 is 2.35 bits per heavy atom. The molecule has 1 rings (SSSR count). The molecule has 0 aromatic heterocycles. The Balaban J connectivity index is 3.02. The van der Waals surface area contributed by atoms with Crippen molar-refractivity contribution in [3.63, 3.8) is 0 Å². The molecular formula is C14H19O5P. The molecule has 0 aliphatic carbocycles. The van der Waals surface area contributed by atoms with E-state index in [0.29, 0.717) is 0 Å². The van der Waals surface area contributed by atoms with Gasteiger partial charge in [-0.2, -0.15) is 0 Å². The summed E-state index contributed by atoms with van der Waals surface area (Å²) in [7, 11) is -1.09. The van der Waals surface area contributed by atoms with E-state index in [1.807, 2.05) is 30.3 Å². The van der Waals surface area contributed by atoms with Crippen molar-refractivity contribution in [2.24, 2.45) is 0 Å². The Kier molecular flexibility index (Phi) is 6.65. The predicted octanol–water partition coefficient (Wildman–Crippen LogP) is 3.12. The number of hydrogen-bond acceptors (Lipinski definition) is 5. The average Bonchev–Trinajstić information content (AvgIpc) is 2.48. The average molecular weight is 298 g/mol. The number of carbonyl (C=O) groups excluding carboxylic acids is 1. The van der Waals surface area contributed by atoms with E-state index in [9.17, 15) is 9.36 Å². The van der Waals surface area contributed by atoms with Gasteiger partial charge in [0.2, 0.25) is 0 Å². The van der Waals surface area contributed by atoms with Gasteiger partial charge >= 0.3 is 13.6 Å². The highest BCUT2D eigenvalue weighted by atomic mass is 31.2. The number of benzene rings is 1. The van der Waals surface area contributed by atoms with Crippen LogP contribution in [-0.4, -0.2) is 32.5 Å². The van der Waals surface area contributed by atoms with Gasteiger partial charge in [-0.15, -0.1) is 0 Å². The summed E-state index contributed by atoms with van der Waals surface area (Å²) in [5.74, 6) is -0.633. The molecule has 5 nitrogen and oxygen atoms in total. The summed E-state index contributed by atoms with van der Waals surface area (Å²) in [5, 5.41) is 0. The molecule has 0 heterocycles. The van der Waals surface area contributed by atoms with Gasteiger partial charge in [-0.25, -0.2) is 0 Å². The van der Waals surface area contributed by atoms with Gasteiger partial charge in [0.15, 0.2) is 5.66 Å². The van der Waals surface area contributed by atoms with E-state index >= 15 is 0 Å².